The Morgan fingerprint density at radius 2 is 2.12 bits per heavy atom. The van der Waals surface area contributed by atoms with E-state index >= 15 is 0 Å². The fourth-order valence-corrected chi connectivity index (χ4v) is 1.32. The van der Waals surface area contributed by atoms with Crippen LogP contribution in [0.2, 0.25) is 0 Å². The average Bonchev–Trinajstić information content (AvgIpc) is 2.28. The van der Waals surface area contributed by atoms with Gasteiger partial charge in [0.2, 0.25) is 0 Å². The van der Waals surface area contributed by atoms with E-state index in [1.165, 1.54) is 0 Å². The summed E-state index contributed by atoms with van der Waals surface area (Å²) in [5.74, 6) is -2.10. The third-order valence-electron chi connectivity index (χ3n) is 2.08. The number of methoxy groups -OCH3 is 2. The van der Waals surface area contributed by atoms with E-state index < -0.39 is 36.1 Å². The lowest BCUT2D eigenvalue weighted by Gasteiger charge is -2.12. The molecular formula is C10H10F3NO3. The lowest BCUT2D eigenvalue weighted by atomic mass is 10.1. The average molecular weight is 249 g/mol. The normalized spacial score (nSPS) is 10.5. The summed E-state index contributed by atoms with van der Waals surface area (Å²) in [6.07, 6.45) is -2.82. The van der Waals surface area contributed by atoms with E-state index in [1.54, 1.807) is 0 Å². The highest BCUT2D eigenvalue weighted by Gasteiger charge is 2.24. The maximum atomic E-state index is 13.3. The van der Waals surface area contributed by atoms with Crippen LogP contribution in [0.1, 0.15) is 17.7 Å². The Balaban J connectivity index is 3.28. The van der Waals surface area contributed by atoms with Gasteiger partial charge in [-0.2, -0.15) is 0 Å². The van der Waals surface area contributed by atoms with Crippen LogP contribution in [0.15, 0.2) is 6.20 Å². The highest BCUT2D eigenvalue weighted by molar-refractivity contribution is 5.73. The molecule has 0 aliphatic carbocycles. The maximum Gasteiger partial charge on any atom is 0.310 e. The molecule has 4 nitrogen and oxygen atoms in total. The van der Waals surface area contributed by atoms with E-state index in [4.69, 9.17) is 0 Å². The van der Waals surface area contributed by atoms with Gasteiger partial charge in [0, 0.05) is 5.56 Å². The lowest BCUT2D eigenvalue weighted by Crippen LogP contribution is -2.11. The molecule has 0 aromatic carbocycles. The smallest absolute Gasteiger partial charge is 0.310 e. The van der Waals surface area contributed by atoms with Gasteiger partial charge in [0.15, 0.2) is 11.6 Å². The van der Waals surface area contributed by atoms with Gasteiger partial charge in [0.25, 0.3) is 6.43 Å². The van der Waals surface area contributed by atoms with E-state index in [0.29, 0.717) is 6.20 Å². The van der Waals surface area contributed by atoms with Crippen LogP contribution in [0, 0.1) is 5.82 Å². The van der Waals surface area contributed by atoms with Gasteiger partial charge in [0.05, 0.1) is 26.8 Å². The Hall–Kier alpha value is -1.79. The van der Waals surface area contributed by atoms with Gasteiger partial charge in [-0.25, -0.2) is 13.2 Å². The Bertz CT molecular complexity index is 424. The third-order valence-corrected chi connectivity index (χ3v) is 2.08. The number of halogens is 3. The summed E-state index contributed by atoms with van der Waals surface area (Å²) in [7, 11) is 2.22. The quantitative estimate of drug-likeness (QED) is 0.764. The molecule has 0 N–H and O–H groups in total. The predicted octanol–water partition coefficient (Wildman–Crippen LogP) is 1.88. The molecule has 7 heteroatoms. The zero-order chi connectivity index (χ0) is 13.0. The molecule has 1 heterocycles. The van der Waals surface area contributed by atoms with E-state index in [9.17, 15) is 18.0 Å². The lowest BCUT2D eigenvalue weighted by molar-refractivity contribution is -0.139. The van der Waals surface area contributed by atoms with Crippen LogP contribution in [0.25, 0.3) is 0 Å². The van der Waals surface area contributed by atoms with Crippen molar-refractivity contribution in [3.8, 4) is 5.75 Å². The summed E-state index contributed by atoms with van der Waals surface area (Å²) in [5, 5.41) is 0. The summed E-state index contributed by atoms with van der Waals surface area (Å²) >= 11 is 0. The van der Waals surface area contributed by atoms with Gasteiger partial charge in [-0.1, -0.05) is 0 Å². The zero-order valence-electron chi connectivity index (χ0n) is 9.17. The minimum Gasteiger partial charge on any atom is -0.493 e. The number of pyridine rings is 1. The SMILES string of the molecule is COC(=O)Cc1c(C(F)F)ncc(F)c1OC. The van der Waals surface area contributed by atoms with Crippen LogP contribution in [0.5, 0.6) is 5.75 Å². The number of hydrogen-bond acceptors (Lipinski definition) is 4. The molecule has 94 valence electrons. The molecule has 0 spiro atoms. The van der Waals surface area contributed by atoms with E-state index in [2.05, 4.69) is 14.5 Å². The Labute approximate surface area is 95.4 Å². The van der Waals surface area contributed by atoms with Crippen molar-refractivity contribution < 1.29 is 27.4 Å². The van der Waals surface area contributed by atoms with Crippen LogP contribution in [-0.4, -0.2) is 25.2 Å². The van der Waals surface area contributed by atoms with Crippen LogP contribution < -0.4 is 4.74 Å². The molecule has 0 radical (unpaired) electrons. The molecule has 0 unspecified atom stereocenters. The molecule has 0 fully saturated rings. The highest BCUT2D eigenvalue weighted by atomic mass is 19.3. The summed E-state index contributed by atoms with van der Waals surface area (Å²) in [4.78, 5) is 14.3. The molecule has 0 aliphatic rings. The summed E-state index contributed by atoms with van der Waals surface area (Å²) in [5.41, 5.74) is -0.983. The molecule has 0 saturated carbocycles. The first kappa shape index (κ1) is 13.3. The third kappa shape index (κ3) is 2.86. The Morgan fingerprint density at radius 1 is 1.47 bits per heavy atom. The molecule has 1 aromatic heterocycles. The minimum atomic E-state index is -2.93. The maximum absolute atomic E-state index is 13.3. The second kappa shape index (κ2) is 5.51. The fraction of sp³-hybridized carbons (Fsp3) is 0.400. The first-order valence-corrected chi connectivity index (χ1v) is 4.57. The number of ether oxygens (including phenoxy) is 2. The Kier molecular flexibility index (Phi) is 4.30. The van der Waals surface area contributed by atoms with E-state index in [1.807, 2.05) is 0 Å². The van der Waals surface area contributed by atoms with Crippen molar-refractivity contribution >= 4 is 5.97 Å². The fourth-order valence-electron chi connectivity index (χ4n) is 1.32. The largest absolute Gasteiger partial charge is 0.493 e. The monoisotopic (exact) mass is 249 g/mol. The number of esters is 1. The highest BCUT2D eigenvalue weighted by Crippen LogP contribution is 2.30. The van der Waals surface area contributed by atoms with Crippen LogP contribution in [0.4, 0.5) is 13.2 Å². The van der Waals surface area contributed by atoms with Crippen molar-refractivity contribution in [3.63, 3.8) is 0 Å². The molecular weight excluding hydrogens is 239 g/mol. The van der Waals surface area contributed by atoms with Gasteiger partial charge in [-0.3, -0.25) is 9.78 Å². The van der Waals surface area contributed by atoms with Gasteiger partial charge >= 0.3 is 5.97 Å². The van der Waals surface area contributed by atoms with Crippen LogP contribution in [0.3, 0.4) is 0 Å². The molecule has 0 bridgehead atoms. The number of aromatic nitrogens is 1. The standard InChI is InChI=1S/C10H10F3NO3/c1-16-7(15)3-5-8(10(12)13)14-4-6(11)9(5)17-2/h4,10H,3H2,1-2H3. The molecule has 0 saturated heterocycles. The van der Waals surface area contributed by atoms with Gasteiger partial charge in [-0.05, 0) is 0 Å². The van der Waals surface area contributed by atoms with Crippen molar-refractivity contribution in [2.75, 3.05) is 14.2 Å². The molecule has 0 aliphatic heterocycles. The number of alkyl halides is 2. The minimum absolute atomic E-state index is 0.297. The summed E-state index contributed by atoms with van der Waals surface area (Å²) in [6.45, 7) is 0. The number of carbonyl (C=O) groups excluding carboxylic acids is 1. The van der Waals surface area contributed by atoms with E-state index in [0.717, 1.165) is 14.2 Å². The molecule has 17 heavy (non-hydrogen) atoms. The molecule has 0 amide bonds. The summed E-state index contributed by atoms with van der Waals surface area (Å²) < 4.78 is 47.5. The first-order chi connectivity index (χ1) is 8.01. The molecule has 1 rings (SSSR count). The number of nitrogens with zero attached hydrogens (tertiary/aromatic N) is 1. The van der Waals surface area contributed by atoms with Crippen molar-refractivity contribution in [1.29, 1.82) is 0 Å². The zero-order valence-corrected chi connectivity index (χ0v) is 9.17. The van der Waals surface area contributed by atoms with Gasteiger partial charge < -0.3 is 9.47 Å². The number of rotatable bonds is 4. The van der Waals surface area contributed by atoms with Crippen LogP contribution >= 0.6 is 0 Å². The van der Waals surface area contributed by atoms with E-state index in [-0.39, 0.29) is 5.56 Å². The molecule has 1 aromatic rings. The van der Waals surface area contributed by atoms with Crippen molar-refractivity contribution in [3.05, 3.63) is 23.3 Å². The van der Waals surface area contributed by atoms with Crippen LogP contribution in [-0.2, 0) is 16.0 Å². The summed E-state index contributed by atoms with van der Waals surface area (Å²) in [6, 6.07) is 0. The van der Waals surface area contributed by atoms with Crippen molar-refractivity contribution in [1.82, 2.24) is 4.98 Å². The van der Waals surface area contributed by atoms with Gasteiger partial charge in [0.1, 0.15) is 5.69 Å². The Morgan fingerprint density at radius 3 is 2.59 bits per heavy atom. The second-order valence-electron chi connectivity index (χ2n) is 3.06. The predicted molar refractivity (Wildman–Crippen MR) is 51.4 cm³/mol. The number of carbonyl (C=O) groups is 1. The molecule has 0 atom stereocenters. The second-order valence-corrected chi connectivity index (χ2v) is 3.06. The van der Waals surface area contributed by atoms with Crippen molar-refractivity contribution in [2.24, 2.45) is 0 Å². The van der Waals surface area contributed by atoms with Crippen molar-refractivity contribution in [2.45, 2.75) is 12.8 Å². The first-order valence-electron chi connectivity index (χ1n) is 4.57. The number of hydrogen-bond donors (Lipinski definition) is 0. The van der Waals surface area contributed by atoms with Gasteiger partial charge in [-0.15, -0.1) is 0 Å². The topological polar surface area (TPSA) is 48.4 Å².